The standard InChI is InChI=1S/C28H22F3N5O2/c1-38-25(19-7-3-2-4-8-19)26(37)32-21-14-11-18(12-15-21)20-13-16-24-34-27(35-36(24)17-20)33-23-10-6-5-9-22(23)28(29,30)31/h2-17,25H,1H3,(H,32,37)(H,33,35). The van der Waals surface area contributed by atoms with Crippen LogP contribution in [0.3, 0.4) is 0 Å². The molecule has 0 saturated heterocycles. The van der Waals surface area contributed by atoms with Gasteiger partial charge in [0.1, 0.15) is 0 Å². The first-order chi connectivity index (χ1) is 18.3. The van der Waals surface area contributed by atoms with Gasteiger partial charge in [0.05, 0.1) is 11.3 Å². The van der Waals surface area contributed by atoms with Crippen LogP contribution >= 0.6 is 0 Å². The number of alkyl halides is 3. The number of methoxy groups -OCH3 is 1. The molecule has 0 aliphatic heterocycles. The topological polar surface area (TPSA) is 80.5 Å². The third-order valence-electron chi connectivity index (χ3n) is 5.87. The Balaban J connectivity index is 1.32. The Bertz CT molecular complexity index is 1570. The number of hydrogen-bond donors (Lipinski definition) is 2. The molecule has 0 aliphatic rings. The van der Waals surface area contributed by atoms with E-state index in [9.17, 15) is 18.0 Å². The minimum Gasteiger partial charge on any atom is -0.367 e. The number of aromatic nitrogens is 3. The van der Waals surface area contributed by atoms with Crippen molar-refractivity contribution in [1.82, 2.24) is 14.6 Å². The van der Waals surface area contributed by atoms with E-state index >= 15 is 0 Å². The van der Waals surface area contributed by atoms with Gasteiger partial charge in [-0.1, -0.05) is 54.6 Å². The normalized spacial score (nSPS) is 12.3. The van der Waals surface area contributed by atoms with Crippen molar-refractivity contribution in [2.45, 2.75) is 12.3 Å². The minimum absolute atomic E-state index is 0.0445. The number of pyridine rings is 1. The van der Waals surface area contributed by atoms with E-state index in [1.54, 1.807) is 24.4 Å². The fourth-order valence-corrected chi connectivity index (χ4v) is 4.04. The predicted molar refractivity (Wildman–Crippen MR) is 138 cm³/mol. The molecule has 0 fully saturated rings. The molecule has 1 atom stereocenters. The average Bonchev–Trinajstić information content (AvgIpc) is 3.31. The molecule has 0 bridgehead atoms. The van der Waals surface area contributed by atoms with Gasteiger partial charge in [-0.25, -0.2) is 4.52 Å². The van der Waals surface area contributed by atoms with Gasteiger partial charge in [0.25, 0.3) is 5.91 Å². The van der Waals surface area contributed by atoms with Crippen molar-refractivity contribution >= 4 is 28.9 Å². The van der Waals surface area contributed by atoms with Crippen molar-refractivity contribution < 1.29 is 22.7 Å². The highest BCUT2D eigenvalue weighted by Crippen LogP contribution is 2.35. The Morgan fingerprint density at radius 3 is 2.29 bits per heavy atom. The number of anilines is 3. The number of hydrogen-bond acceptors (Lipinski definition) is 5. The molecule has 0 aliphatic carbocycles. The number of para-hydroxylation sites is 1. The van der Waals surface area contributed by atoms with E-state index in [0.29, 0.717) is 11.3 Å². The number of benzene rings is 3. The van der Waals surface area contributed by atoms with Gasteiger partial charge >= 0.3 is 6.18 Å². The summed E-state index contributed by atoms with van der Waals surface area (Å²) >= 11 is 0. The van der Waals surface area contributed by atoms with Crippen LogP contribution in [0.5, 0.6) is 0 Å². The molecule has 2 N–H and O–H groups in total. The molecule has 192 valence electrons. The van der Waals surface area contributed by atoms with E-state index in [2.05, 4.69) is 20.7 Å². The molecule has 1 amide bonds. The molecule has 1 unspecified atom stereocenters. The second kappa shape index (κ2) is 10.3. The first-order valence-electron chi connectivity index (χ1n) is 11.6. The number of ether oxygens (including phenoxy) is 1. The van der Waals surface area contributed by atoms with Crippen molar-refractivity contribution in [2.75, 3.05) is 17.7 Å². The number of nitrogens with one attached hydrogen (secondary N) is 2. The number of nitrogens with zero attached hydrogens (tertiary/aromatic N) is 3. The molecule has 2 heterocycles. The molecule has 7 nitrogen and oxygen atoms in total. The van der Waals surface area contributed by atoms with Gasteiger partial charge in [0, 0.05) is 24.6 Å². The van der Waals surface area contributed by atoms with Gasteiger partial charge < -0.3 is 15.4 Å². The average molecular weight is 518 g/mol. The van der Waals surface area contributed by atoms with Gasteiger partial charge in [-0.05, 0) is 47.5 Å². The number of carbonyl (C=O) groups is 1. The van der Waals surface area contributed by atoms with Crippen LogP contribution in [0.25, 0.3) is 16.8 Å². The Labute approximate surface area is 215 Å². The maximum atomic E-state index is 13.3. The molecule has 0 spiro atoms. The van der Waals surface area contributed by atoms with Gasteiger partial charge in [0.15, 0.2) is 11.8 Å². The summed E-state index contributed by atoms with van der Waals surface area (Å²) < 4.78 is 46.8. The van der Waals surface area contributed by atoms with E-state index in [1.165, 1.54) is 29.8 Å². The van der Waals surface area contributed by atoms with Crippen molar-refractivity contribution in [3.05, 3.63) is 108 Å². The number of carbonyl (C=O) groups excluding carboxylic acids is 1. The number of halogens is 3. The molecule has 2 aromatic heterocycles. The maximum Gasteiger partial charge on any atom is 0.418 e. The maximum absolute atomic E-state index is 13.3. The summed E-state index contributed by atoms with van der Waals surface area (Å²) in [5.41, 5.74) is 2.56. The zero-order valence-electron chi connectivity index (χ0n) is 20.1. The van der Waals surface area contributed by atoms with E-state index in [-0.39, 0.29) is 17.5 Å². The van der Waals surface area contributed by atoms with Crippen LogP contribution in [-0.4, -0.2) is 27.6 Å². The highest BCUT2D eigenvalue weighted by atomic mass is 19.4. The lowest BCUT2D eigenvalue weighted by Gasteiger charge is -2.16. The summed E-state index contributed by atoms with van der Waals surface area (Å²) in [6, 6.07) is 25.2. The first kappa shape index (κ1) is 25.0. The van der Waals surface area contributed by atoms with Crippen LogP contribution in [0, 0.1) is 0 Å². The van der Waals surface area contributed by atoms with E-state index < -0.39 is 17.8 Å². The summed E-state index contributed by atoms with van der Waals surface area (Å²) in [5.74, 6) is -0.245. The quantitative estimate of drug-likeness (QED) is 0.258. The third-order valence-corrected chi connectivity index (χ3v) is 5.87. The molecule has 10 heteroatoms. The Hall–Kier alpha value is -4.70. The lowest BCUT2D eigenvalue weighted by molar-refractivity contribution is -0.137. The van der Waals surface area contributed by atoms with Crippen LogP contribution in [-0.2, 0) is 15.7 Å². The second-order valence-corrected chi connectivity index (χ2v) is 8.42. The predicted octanol–water partition coefficient (Wildman–Crippen LogP) is 6.48. The lowest BCUT2D eigenvalue weighted by atomic mass is 10.1. The fourth-order valence-electron chi connectivity index (χ4n) is 4.04. The molecule has 5 aromatic rings. The molecule has 38 heavy (non-hydrogen) atoms. The van der Waals surface area contributed by atoms with Crippen molar-refractivity contribution in [3.63, 3.8) is 0 Å². The minimum atomic E-state index is -4.51. The van der Waals surface area contributed by atoms with E-state index in [4.69, 9.17) is 4.74 Å². The molecular weight excluding hydrogens is 495 g/mol. The van der Waals surface area contributed by atoms with Gasteiger partial charge in [-0.2, -0.15) is 18.2 Å². The van der Waals surface area contributed by atoms with Gasteiger partial charge in [-0.3, -0.25) is 4.79 Å². The lowest BCUT2D eigenvalue weighted by Crippen LogP contribution is -2.22. The summed E-state index contributed by atoms with van der Waals surface area (Å²) in [5, 5.41) is 9.82. The summed E-state index contributed by atoms with van der Waals surface area (Å²) in [6.07, 6.45) is -3.52. The second-order valence-electron chi connectivity index (χ2n) is 8.42. The Morgan fingerprint density at radius 2 is 1.58 bits per heavy atom. The van der Waals surface area contributed by atoms with Crippen LogP contribution in [0.2, 0.25) is 0 Å². The number of fused-ring (bicyclic) bond motifs is 1. The summed E-state index contributed by atoms with van der Waals surface area (Å²) in [4.78, 5) is 17.0. The monoisotopic (exact) mass is 517 g/mol. The van der Waals surface area contributed by atoms with Crippen LogP contribution in [0.15, 0.2) is 97.2 Å². The van der Waals surface area contributed by atoms with E-state index in [0.717, 1.165) is 22.8 Å². The first-order valence-corrected chi connectivity index (χ1v) is 11.6. The Kier molecular flexibility index (Phi) is 6.80. The van der Waals surface area contributed by atoms with Gasteiger partial charge in [0.2, 0.25) is 5.95 Å². The Morgan fingerprint density at radius 1 is 0.895 bits per heavy atom. The van der Waals surface area contributed by atoms with Crippen molar-refractivity contribution in [1.29, 1.82) is 0 Å². The molecule has 0 saturated carbocycles. The SMILES string of the molecule is COC(C(=O)Nc1ccc(-c2ccc3nc(Nc4ccccc4C(F)(F)F)nn3c2)cc1)c1ccccc1. The van der Waals surface area contributed by atoms with E-state index in [1.807, 2.05) is 48.5 Å². The largest absolute Gasteiger partial charge is 0.418 e. The van der Waals surface area contributed by atoms with Crippen molar-refractivity contribution in [2.24, 2.45) is 0 Å². The summed E-state index contributed by atoms with van der Waals surface area (Å²) in [6.45, 7) is 0. The van der Waals surface area contributed by atoms with Crippen LogP contribution in [0.1, 0.15) is 17.2 Å². The highest BCUT2D eigenvalue weighted by molar-refractivity contribution is 5.95. The third kappa shape index (κ3) is 5.35. The van der Waals surface area contributed by atoms with Crippen LogP contribution < -0.4 is 10.6 Å². The highest BCUT2D eigenvalue weighted by Gasteiger charge is 2.33. The fraction of sp³-hybridized carbons (Fsp3) is 0.107. The molecular formula is C28H22F3N5O2. The number of amides is 1. The summed E-state index contributed by atoms with van der Waals surface area (Å²) in [7, 11) is 1.48. The van der Waals surface area contributed by atoms with Gasteiger partial charge in [-0.15, -0.1) is 5.10 Å². The molecule has 5 rings (SSSR count). The zero-order chi connectivity index (χ0) is 26.7. The van der Waals surface area contributed by atoms with Crippen molar-refractivity contribution in [3.8, 4) is 11.1 Å². The smallest absolute Gasteiger partial charge is 0.367 e. The molecule has 0 radical (unpaired) electrons. The van der Waals surface area contributed by atoms with Crippen LogP contribution in [0.4, 0.5) is 30.5 Å². The molecule has 3 aromatic carbocycles. The zero-order valence-corrected chi connectivity index (χ0v) is 20.1. The number of rotatable bonds is 7.